The molecule has 0 bridgehead atoms. The van der Waals surface area contributed by atoms with Gasteiger partial charge >= 0.3 is 0 Å². The molecular formula is C11H23NO2. The Morgan fingerprint density at radius 1 is 1.36 bits per heavy atom. The normalized spacial score (nSPS) is 29.1. The standard InChI is InChI=1S/C11H23NO2/c1-11(2,13)8-12-9-6-4-5-7-10(9)14-3/h9-10,12-13H,4-8H2,1-3H3. The van der Waals surface area contributed by atoms with Crippen molar-refractivity contribution in [2.24, 2.45) is 0 Å². The van der Waals surface area contributed by atoms with E-state index in [1.165, 1.54) is 12.8 Å². The van der Waals surface area contributed by atoms with Crippen LogP contribution >= 0.6 is 0 Å². The number of hydrogen-bond donors (Lipinski definition) is 2. The zero-order valence-corrected chi connectivity index (χ0v) is 9.55. The highest BCUT2D eigenvalue weighted by Crippen LogP contribution is 2.20. The first kappa shape index (κ1) is 12.0. The smallest absolute Gasteiger partial charge is 0.0724 e. The number of hydrogen-bond acceptors (Lipinski definition) is 3. The number of ether oxygens (including phenoxy) is 1. The molecule has 3 heteroatoms. The summed E-state index contributed by atoms with van der Waals surface area (Å²) in [7, 11) is 1.77. The second kappa shape index (κ2) is 5.10. The maximum Gasteiger partial charge on any atom is 0.0724 e. The summed E-state index contributed by atoms with van der Waals surface area (Å²) in [6.07, 6.45) is 5.16. The molecule has 3 nitrogen and oxygen atoms in total. The summed E-state index contributed by atoms with van der Waals surface area (Å²) in [6.45, 7) is 4.28. The van der Waals surface area contributed by atoms with Crippen molar-refractivity contribution in [2.75, 3.05) is 13.7 Å². The van der Waals surface area contributed by atoms with Gasteiger partial charge in [0.25, 0.3) is 0 Å². The minimum Gasteiger partial charge on any atom is -0.389 e. The van der Waals surface area contributed by atoms with Crippen LogP contribution in [0.15, 0.2) is 0 Å². The van der Waals surface area contributed by atoms with Crippen molar-refractivity contribution < 1.29 is 9.84 Å². The van der Waals surface area contributed by atoms with Crippen LogP contribution in [0, 0.1) is 0 Å². The molecule has 1 aliphatic rings. The van der Waals surface area contributed by atoms with Crippen molar-refractivity contribution in [1.29, 1.82) is 0 Å². The molecular weight excluding hydrogens is 178 g/mol. The summed E-state index contributed by atoms with van der Waals surface area (Å²) in [4.78, 5) is 0. The summed E-state index contributed by atoms with van der Waals surface area (Å²) >= 11 is 0. The zero-order chi connectivity index (χ0) is 10.6. The van der Waals surface area contributed by atoms with Crippen molar-refractivity contribution in [3.8, 4) is 0 Å². The van der Waals surface area contributed by atoms with E-state index < -0.39 is 5.60 Å². The lowest BCUT2D eigenvalue weighted by atomic mass is 9.92. The first-order chi connectivity index (χ1) is 6.53. The first-order valence-electron chi connectivity index (χ1n) is 5.51. The Kier molecular flexibility index (Phi) is 4.35. The van der Waals surface area contributed by atoms with E-state index in [2.05, 4.69) is 5.32 Å². The Labute approximate surface area is 86.8 Å². The Bertz CT molecular complexity index is 165. The summed E-state index contributed by atoms with van der Waals surface area (Å²) in [6, 6.07) is 0.417. The van der Waals surface area contributed by atoms with Gasteiger partial charge in [0, 0.05) is 19.7 Å². The van der Waals surface area contributed by atoms with Gasteiger partial charge in [-0.05, 0) is 26.7 Å². The summed E-state index contributed by atoms with van der Waals surface area (Å²) in [5.41, 5.74) is -0.629. The molecule has 0 aromatic carbocycles. The van der Waals surface area contributed by atoms with Gasteiger partial charge in [0.2, 0.25) is 0 Å². The summed E-state index contributed by atoms with van der Waals surface area (Å²) < 4.78 is 5.42. The molecule has 0 aromatic rings. The fourth-order valence-corrected chi connectivity index (χ4v) is 1.99. The second-order valence-corrected chi connectivity index (χ2v) is 4.86. The van der Waals surface area contributed by atoms with Crippen molar-refractivity contribution in [2.45, 2.75) is 57.3 Å². The van der Waals surface area contributed by atoms with Gasteiger partial charge in [0.15, 0.2) is 0 Å². The molecule has 0 radical (unpaired) electrons. The molecule has 1 saturated carbocycles. The van der Waals surface area contributed by atoms with Crippen LogP contribution in [0.2, 0.25) is 0 Å². The quantitative estimate of drug-likeness (QED) is 0.720. The van der Waals surface area contributed by atoms with Crippen LogP contribution < -0.4 is 5.32 Å². The van der Waals surface area contributed by atoms with E-state index in [0.29, 0.717) is 18.7 Å². The molecule has 1 aliphatic carbocycles. The lowest BCUT2D eigenvalue weighted by Gasteiger charge is -2.33. The van der Waals surface area contributed by atoms with Crippen molar-refractivity contribution >= 4 is 0 Å². The molecule has 84 valence electrons. The maximum absolute atomic E-state index is 9.60. The van der Waals surface area contributed by atoms with Gasteiger partial charge in [-0.1, -0.05) is 12.8 Å². The highest BCUT2D eigenvalue weighted by atomic mass is 16.5. The predicted molar refractivity (Wildman–Crippen MR) is 57.4 cm³/mol. The van der Waals surface area contributed by atoms with Crippen LogP contribution in [0.5, 0.6) is 0 Å². The Hall–Kier alpha value is -0.120. The number of methoxy groups -OCH3 is 1. The van der Waals surface area contributed by atoms with Crippen LogP contribution in [0.4, 0.5) is 0 Å². The second-order valence-electron chi connectivity index (χ2n) is 4.86. The fourth-order valence-electron chi connectivity index (χ4n) is 1.99. The molecule has 0 aliphatic heterocycles. The Balaban J connectivity index is 2.33. The third kappa shape index (κ3) is 3.95. The topological polar surface area (TPSA) is 41.5 Å². The van der Waals surface area contributed by atoms with Crippen LogP contribution in [-0.4, -0.2) is 36.5 Å². The molecule has 0 aromatic heterocycles. The largest absolute Gasteiger partial charge is 0.389 e. The van der Waals surface area contributed by atoms with Gasteiger partial charge in [-0.2, -0.15) is 0 Å². The molecule has 0 amide bonds. The van der Waals surface area contributed by atoms with E-state index in [1.807, 2.05) is 13.8 Å². The van der Waals surface area contributed by atoms with Crippen LogP contribution in [0.3, 0.4) is 0 Å². The summed E-state index contributed by atoms with van der Waals surface area (Å²) in [5, 5.41) is 13.0. The van der Waals surface area contributed by atoms with Crippen LogP contribution in [0.25, 0.3) is 0 Å². The average Bonchev–Trinajstić information content (AvgIpc) is 2.14. The molecule has 2 atom stereocenters. The molecule has 2 N–H and O–H groups in total. The van der Waals surface area contributed by atoms with Gasteiger partial charge in [-0.3, -0.25) is 0 Å². The maximum atomic E-state index is 9.60. The fraction of sp³-hybridized carbons (Fsp3) is 1.00. The molecule has 2 unspecified atom stereocenters. The van der Waals surface area contributed by atoms with Crippen molar-refractivity contribution in [1.82, 2.24) is 5.32 Å². The van der Waals surface area contributed by atoms with Crippen molar-refractivity contribution in [3.63, 3.8) is 0 Å². The molecule has 0 heterocycles. The van der Waals surface area contributed by atoms with Gasteiger partial charge in [0.1, 0.15) is 0 Å². The SMILES string of the molecule is COC1CCCCC1NCC(C)(C)O. The number of aliphatic hydroxyl groups is 1. The zero-order valence-electron chi connectivity index (χ0n) is 9.55. The summed E-state index contributed by atoms with van der Waals surface area (Å²) in [5.74, 6) is 0. The third-order valence-electron chi connectivity index (χ3n) is 2.80. The molecule has 14 heavy (non-hydrogen) atoms. The van der Waals surface area contributed by atoms with E-state index in [9.17, 15) is 5.11 Å². The van der Waals surface area contributed by atoms with E-state index in [4.69, 9.17) is 4.74 Å². The number of rotatable bonds is 4. The van der Waals surface area contributed by atoms with E-state index in [1.54, 1.807) is 7.11 Å². The predicted octanol–water partition coefficient (Wildman–Crippen LogP) is 1.30. The molecule has 1 rings (SSSR count). The Morgan fingerprint density at radius 2 is 2.00 bits per heavy atom. The van der Waals surface area contributed by atoms with E-state index in [-0.39, 0.29) is 0 Å². The van der Waals surface area contributed by atoms with Crippen molar-refractivity contribution in [3.05, 3.63) is 0 Å². The molecule has 1 fully saturated rings. The minimum absolute atomic E-state index is 0.325. The minimum atomic E-state index is -0.629. The van der Waals surface area contributed by atoms with Crippen LogP contribution in [0.1, 0.15) is 39.5 Å². The highest BCUT2D eigenvalue weighted by Gasteiger charge is 2.25. The first-order valence-corrected chi connectivity index (χ1v) is 5.51. The number of nitrogens with one attached hydrogen (secondary N) is 1. The lowest BCUT2D eigenvalue weighted by molar-refractivity contribution is 0.0246. The van der Waals surface area contributed by atoms with Gasteiger partial charge in [0.05, 0.1) is 11.7 Å². The van der Waals surface area contributed by atoms with E-state index >= 15 is 0 Å². The van der Waals surface area contributed by atoms with E-state index in [0.717, 1.165) is 12.8 Å². The molecule has 0 saturated heterocycles. The lowest BCUT2D eigenvalue weighted by Crippen LogP contribution is -2.48. The van der Waals surface area contributed by atoms with Crippen LogP contribution in [-0.2, 0) is 4.74 Å². The van der Waals surface area contributed by atoms with Gasteiger partial charge in [-0.25, -0.2) is 0 Å². The van der Waals surface area contributed by atoms with Gasteiger partial charge in [-0.15, -0.1) is 0 Å². The molecule has 0 spiro atoms. The Morgan fingerprint density at radius 3 is 2.57 bits per heavy atom. The highest BCUT2D eigenvalue weighted by molar-refractivity contribution is 4.83. The average molecular weight is 201 g/mol. The third-order valence-corrected chi connectivity index (χ3v) is 2.80. The van der Waals surface area contributed by atoms with Gasteiger partial charge < -0.3 is 15.2 Å². The monoisotopic (exact) mass is 201 g/mol.